The van der Waals surface area contributed by atoms with Crippen molar-refractivity contribution in [3.05, 3.63) is 77.2 Å². The Balaban J connectivity index is 1.31. The Bertz CT molecular complexity index is 1590. The minimum Gasteiger partial charge on any atom is -0.489 e. The van der Waals surface area contributed by atoms with E-state index < -0.39 is 11.7 Å². The van der Waals surface area contributed by atoms with Crippen LogP contribution in [0.3, 0.4) is 0 Å². The van der Waals surface area contributed by atoms with Crippen molar-refractivity contribution >= 4 is 28.8 Å². The number of carbonyl (C=O) groups is 1. The number of amides is 1. The number of aromatic nitrogens is 3. The highest BCUT2D eigenvalue weighted by molar-refractivity contribution is 6.30. The van der Waals surface area contributed by atoms with E-state index >= 15 is 0 Å². The van der Waals surface area contributed by atoms with Crippen molar-refractivity contribution in [2.75, 3.05) is 44.8 Å². The number of fused-ring (bicyclic) bond motifs is 1. The van der Waals surface area contributed by atoms with E-state index in [1.807, 2.05) is 32.0 Å². The summed E-state index contributed by atoms with van der Waals surface area (Å²) in [6.07, 6.45) is 3.80. The van der Waals surface area contributed by atoms with Gasteiger partial charge in [0.15, 0.2) is 6.10 Å². The second-order valence-corrected chi connectivity index (χ2v) is 10.9. The number of pyridine rings is 2. The summed E-state index contributed by atoms with van der Waals surface area (Å²) >= 11 is 6.02. The molecule has 1 aromatic carbocycles. The van der Waals surface area contributed by atoms with E-state index in [9.17, 15) is 15.2 Å². The first kappa shape index (κ1) is 28.4. The third-order valence-corrected chi connectivity index (χ3v) is 7.45. The van der Waals surface area contributed by atoms with Crippen LogP contribution in [-0.4, -0.2) is 76.0 Å². The lowest BCUT2D eigenvalue weighted by atomic mass is 10.0. The smallest absolute Gasteiger partial charge is 0.256 e. The van der Waals surface area contributed by atoms with Crippen molar-refractivity contribution in [2.24, 2.45) is 0 Å². The Morgan fingerprint density at radius 3 is 2.61 bits per heavy atom. The normalized spacial score (nSPS) is 14.6. The van der Waals surface area contributed by atoms with Crippen molar-refractivity contribution in [2.45, 2.75) is 25.6 Å². The monoisotopic (exact) mass is 574 g/mol. The molecule has 1 saturated heterocycles. The fourth-order valence-electron chi connectivity index (χ4n) is 4.67. The molecule has 0 aliphatic carbocycles. The molecule has 1 fully saturated rings. The molecule has 11 heteroatoms. The van der Waals surface area contributed by atoms with Crippen molar-refractivity contribution in [3.63, 3.8) is 0 Å². The Kier molecular flexibility index (Phi) is 8.13. The molecular formula is C30H31ClN6O4. The summed E-state index contributed by atoms with van der Waals surface area (Å²) in [5.74, 6) is 1.02. The van der Waals surface area contributed by atoms with E-state index in [0.717, 1.165) is 16.9 Å². The molecule has 4 heterocycles. The quantitative estimate of drug-likeness (QED) is 0.334. The van der Waals surface area contributed by atoms with E-state index in [4.69, 9.17) is 26.1 Å². The van der Waals surface area contributed by atoms with Crippen molar-refractivity contribution in [1.29, 1.82) is 5.26 Å². The van der Waals surface area contributed by atoms with Gasteiger partial charge in [-0.15, -0.1) is 0 Å². The van der Waals surface area contributed by atoms with Crippen LogP contribution >= 0.6 is 11.6 Å². The molecular weight excluding hydrogens is 544 g/mol. The molecule has 5 rings (SSSR count). The number of aliphatic hydroxyl groups is 1. The molecule has 1 unspecified atom stereocenters. The molecule has 4 aromatic rings. The summed E-state index contributed by atoms with van der Waals surface area (Å²) in [6.45, 7) is 6.28. The molecule has 0 bridgehead atoms. The summed E-state index contributed by atoms with van der Waals surface area (Å²) in [4.78, 5) is 21.3. The summed E-state index contributed by atoms with van der Waals surface area (Å²) < 4.78 is 13.1. The molecule has 1 aliphatic rings. The number of hydrogen-bond donors (Lipinski definition) is 1. The number of nitrogens with zero attached hydrogens (tertiary/aromatic N) is 6. The molecule has 1 aliphatic heterocycles. The number of methoxy groups -OCH3 is 1. The number of anilines is 1. The maximum atomic E-state index is 12.9. The zero-order valence-corrected chi connectivity index (χ0v) is 23.9. The number of hydrogen-bond acceptors (Lipinski definition) is 8. The van der Waals surface area contributed by atoms with Crippen molar-refractivity contribution < 1.29 is 19.4 Å². The van der Waals surface area contributed by atoms with Crippen LogP contribution in [0.1, 0.15) is 31.1 Å². The Hall–Kier alpha value is -4.17. The van der Waals surface area contributed by atoms with Gasteiger partial charge >= 0.3 is 0 Å². The minimum absolute atomic E-state index is 0.336. The number of piperazine rings is 1. The van der Waals surface area contributed by atoms with Crippen LogP contribution in [0.25, 0.3) is 16.6 Å². The number of halogens is 1. The topological polar surface area (TPSA) is 116 Å². The molecule has 1 N–H and O–H groups in total. The Morgan fingerprint density at radius 2 is 1.95 bits per heavy atom. The third kappa shape index (κ3) is 6.12. The van der Waals surface area contributed by atoms with Crippen LogP contribution in [0, 0.1) is 11.3 Å². The Morgan fingerprint density at radius 1 is 1.17 bits per heavy atom. The zero-order valence-electron chi connectivity index (χ0n) is 23.1. The standard InChI is InChI=1S/C30H31ClN6O4/c1-30(2,40-3)19-41-24-14-25(27-22(15-32)17-34-37(27)18-24)21-7-8-26(33-16-21)35-9-11-36(12-10-35)29(39)28(38)20-5-4-6-23(31)13-20/h4-8,13-14,16-18,28,38H,9-12,19H2,1-3H3. The molecule has 212 valence electrons. The van der Waals surface area contributed by atoms with Gasteiger partial charge in [0.05, 0.1) is 29.1 Å². The maximum Gasteiger partial charge on any atom is 0.256 e. The van der Waals surface area contributed by atoms with Gasteiger partial charge in [0.2, 0.25) is 0 Å². The fraction of sp³-hybridized carbons (Fsp3) is 0.333. The van der Waals surface area contributed by atoms with E-state index in [2.05, 4.69) is 16.1 Å². The first-order chi connectivity index (χ1) is 19.7. The van der Waals surface area contributed by atoms with Gasteiger partial charge in [-0.3, -0.25) is 4.79 Å². The second kappa shape index (κ2) is 11.7. The third-order valence-electron chi connectivity index (χ3n) is 7.22. The lowest BCUT2D eigenvalue weighted by Gasteiger charge is -2.36. The van der Waals surface area contributed by atoms with Crippen molar-refractivity contribution in [1.82, 2.24) is 19.5 Å². The van der Waals surface area contributed by atoms with Gasteiger partial charge in [0.25, 0.3) is 5.91 Å². The molecule has 0 spiro atoms. The van der Waals surface area contributed by atoms with Gasteiger partial charge in [-0.25, -0.2) is 9.50 Å². The van der Waals surface area contributed by atoms with Crippen LogP contribution < -0.4 is 9.64 Å². The second-order valence-electron chi connectivity index (χ2n) is 10.5. The highest BCUT2D eigenvalue weighted by Gasteiger charge is 2.28. The molecule has 0 radical (unpaired) electrons. The average Bonchev–Trinajstić information content (AvgIpc) is 3.42. The Labute approximate surface area is 243 Å². The van der Waals surface area contributed by atoms with E-state index in [1.54, 1.807) is 53.2 Å². The minimum atomic E-state index is -1.25. The molecule has 0 saturated carbocycles. The highest BCUT2D eigenvalue weighted by atomic mass is 35.5. The van der Waals surface area contributed by atoms with Crippen LogP contribution in [0.5, 0.6) is 5.75 Å². The van der Waals surface area contributed by atoms with Crippen LogP contribution in [0.4, 0.5) is 5.82 Å². The largest absolute Gasteiger partial charge is 0.489 e. The first-order valence-electron chi connectivity index (χ1n) is 13.2. The summed E-state index contributed by atoms with van der Waals surface area (Å²) in [7, 11) is 1.64. The summed E-state index contributed by atoms with van der Waals surface area (Å²) in [6, 6.07) is 14.7. The SMILES string of the molecule is COC(C)(C)COc1cc(-c2ccc(N3CCN(C(=O)C(O)c4cccc(Cl)c4)CC3)nc2)c2c(C#N)cnn2c1. The van der Waals surface area contributed by atoms with E-state index in [0.29, 0.717) is 60.2 Å². The molecule has 1 amide bonds. The number of ether oxygens (including phenoxy) is 2. The van der Waals surface area contributed by atoms with Crippen LogP contribution in [0.15, 0.2) is 61.1 Å². The highest BCUT2D eigenvalue weighted by Crippen LogP contribution is 2.32. The van der Waals surface area contributed by atoms with Gasteiger partial charge < -0.3 is 24.4 Å². The van der Waals surface area contributed by atoms with Crippen LogP contribution in [-0.2, 0) is 9.53 Å². The van der Waals surface area contributed by atoms with Gasteiger partial charge in [0, 0.05) is 55.6 Å². The predicted octanol–water partition coefficient (Wildman–Crippen LogP) is 4.11. The maximum absolute atomic E-state index is 12.9. The molecule has 3 aromatic heterocycles. The van der Waals surface area contributed by atoms with Crippen molar-refractivity contribution in [3.8, 4) is 22.9 Å². The molecule has 10 nitrogen and oxygen atoms in total. The van der Waals surface area contributed by atoms with Gasteiger partial charge in [-0.2, -0.15) is 10.4 Å². The lowest BCUT2D eigenvalue weighted by Crippen LogP contribution is -2.50. The number of benzene rings is 1. The average molecular weight is 575 g/mol. The van der Waals surface area contributed by atoms with Crippen LogP contribution in [0.2, 0.25) is 5.02 Å². The number of carbonyl (C=O) groups excluding carboxylic acids is 1. The molecule has 41 heavy (non-hydrogen) atoms. The molecule has 1 atom stereocenters. The van der Waals surface area contributed by atoms with Gasteiger partial charge in [0.1, 0.15) is 24.2 Å². The summed E-state index contributed by atoms with van der Waals surface area (Å²) in [5, 5.41) is 25.1. The number of rotatable bonds is 8. The predicted molar refractivity (Wildman–Crippen MR) is 155 cm³/mol. The lowest BCUT2D eigenvalue weighted by molar-refractivity contribution is -0.140. The summed E-state index contributed by atoms with van der Waals surface area (Å²) in [5.41, 5.74) is 2.72. The number of nitriles is 1. The zero-order chi connectivity index (χ0) is 29.1. The first-order valence-corrected chi connectivity index (χ1v) is 13.6. The number of aliphatic hydroxyl groups excluding tert-OH is 1. The van der Waals surface area contributed by atoms with Gasteiger partial charge in [-0.05, 0) is 49.7 Å². The van der Waals surface area contributed by atoms with E-state index in [-0.39, 0.29) is 5.91 Å². The van der Waals surface area contributed by atoms with E-state index in [1.165, 1.54) is 6.20 Å². The van der Waals surface area contributed by atoms with Gasteiger partial charge in [-0.1, -0.05) is 23.7 Å². The fourth-order valence-corrected chi connectivity index (χ4v) is 4.87.